The Morgan fingerprint density at radius 2 is 1.95 bits per heavy atom. The minimum Gasteiger partial charge on any atom is -0.480 e. The van der Waals surface area contributed by atoms with Crippen molar-refractivity contribution in [1.82, 2.24) is 4.90 Å². The average molecular weight is 282 g/mol. The van der Waals surface area contributed by atoms with Gasteiger partial charge in [-0.05, 0) is 17.7 Å². The lowest BCUT2D eigenvalue weighted by atomic mass is 10.1. The van der Waals surface area contributed by atoms with E-state index in [1.807, 2.05) is 0 Å². The number of amides is 1. The number of carbonyl (C=O) groups is 3. The summed E-state index contributed by atoms with van der Waals surface area (Å²) in [6.45, 7) is -0.122. The van der Waals surface area contributed by atoms with E-state index in [1.54, 1.807) is 24.3 Å². The highest BCUT2D eigenvalue weighted by molar-refractivity contribution is 6.30. The molecule has 1 aromatic carbocycles. The number of halogens is 1. The van der Waals surface area contributed by atoms with Gasteiger partial charge in [0.2, 0.25) is 5.91 Å². The molecule has 1 fully saturated rings. The molecule has 1 saturated heterocycles. The molecule has 1 N–H and O–H groups in total. The molecule has 0 spiro atoms. The first-order chi connectivity index (χ1) is 8.97. The highest BCUT2D eigenvalue weighted by Gasteiger charge is 2.36. The summed E-state index contributed by atoms with van der Waals surface area (Å²) in [6.07, 6.45) is -0.0457. The van der Waals surface area contributed by atoms with Gasteiger partial charge in [0.25, 0.3) is 0 Å². The first kappa shape index (κ1) is 13.5. The lowest BCUT2D eigenvalue weighted by Gasteiger charge is -2.23. The summed E-state index contributed by atoms with van der Waals surface area (Å²) >= 11 is 5.75. The number of hydrogen-bond acceptors (Lipinski definition) is 3. The second-order valence-corrected chi connectivity index (χ2v) is 4.86. The fraction of sp³-hybridized carbons (Fsp3) is 0.308. The van der Waals surface area contributed by atoms with E-state index in [-0.39, 0.29) is 25.2 Å². The molecule has 5 nitrogen and oxygen atoms in total. The maximum absolute atomic E-state index is 11.6. The number of Topliss-reactive ketones (excluding diaryl/α,β-unsaturated/α-hetero) is 1. The molecule has 0 radical (unpaired) electrons. The van der Waals surface area contributed by atoms with Gasteiger partial charge >= 0.3 is 5.97 Å². The summed E-state index contributed by atoms with van der Waals surface area (Å²) in [5.74, 6) is -1.78. The first-order valence-corrected chi connectivity index (χ1v) is 6.13. The van der Waals surface area contributed by atoms with Crippen LogP contribution in [0.4, 0.5) is 0 Å². The number of carboxylic acid groups (broad SMARTS) is 1. The third kappa shape index (κ3) is 3.12. The summed E-state index contributed by atoms with van der Waals surface area (Å²) in [5.41, 5.74) is 0.754. The lowest BCUT2D eigenvalue weighted by molar-refractivity contribution is -0.148. The third-order valence-corrected chi connectivity index (χ3v) is 3.27. The Balaban J connectivity index is 2.17. The Bertz CT molecular complexity index is 526. The van der Waals surface area contributed by atoms with Gasteiger partial charge in [-0.3, -0.25) is 9.59 Å². The van der Waals surface area contributed by atoms with Crippen LogP contribution in [0, 0.1) is 0 Å². The van der Waals surface area contributed by atoms with Gasteiger partial charge in [0.05, 0.1) is 13.0 Å². The predicted molar refractivity (Wildman–Crippen MR) is 67.9 cm³/mol. The highest BCUT2D eigenvalue weighted by atomic mass is 35.5. The van der Waals surface area contributed by atoms with E-state index in [4.69, 9.17) is 11.6 Å². The summed E-state index contributed by atoms with van der Waals surface area (Å²) in [5, 5.41) is 9.78. The summed E-state index contributed by atoms with van der Waals surface area (Å²) in [6, 6.07) is 5.72. The molecule has 0 aliphatic carbocycles. The van der Waals surface area contributed by atoms with Crippen molar-refractivity contribution in [2.24, 2.45) is 0 Å². The van der Waals surface area contributed by atoms with E-state index in [0.29, 0.717) is 5.02 Å². The minimum absolute atomic E-state index is 0.122. The molecule has 6 heteroatoms. The molecular formula is C13H12ClNO4. The van der Waals surface area contributed by atoms with Crippen LogP contribution >= 0.6 is 11.6 Å². The fourth-order valence-electron chi connectivity index (χ4n) is 2.06. The van der Waals surface area contributed by atoms with Crippen molar-refractivity contribution in [3.8, 4) is 0 Å². The first-order valence-electron chi connectivity index (χ1n) is 5.76. The van der Waals surface area contributed by atoms with Gasteiger partial charge in [0, 0.05) is 11.4 Å². The summed E-state index contributed by atoms with van der Waals surface area (Å²) in [4.78, 5) is 35.2. The lowest BCUT2D eigenvalue weighted by Crippen LogP contribution is -2.43. The van der Waals surface area contributed by atoms with Crippen LogP contribution in [0.5, 0.6) is 0 Å². The van der Waals surface area contributed by atoms with Crippen molar-refractivity contribution < 1.29 is 19.5 Å². The smallest absolute Gasteiger partial charge is 0.326 e. The second kappa shape index (κ2) is 5.40. The summed E-state index contributed by atoms with van der Waals surface area (Å²) in [7, 11) is 0. The zero-order valence-electron chi connectivity index (χ0n) is 10.0. The van der Waals surface area contributed by atoms with Crippen LogP contribution in [0.15, 0.2) is 24.3 Å². The van der Waals surface area contributed by atoms with E-state index in [9.17, 15) is 19.5 Å². The standard InChI is InChI=1S/C13H12ClNO4/c14-9-3-1-8(2-4-9)5-11(13(18)19)15-7-10(16)6-12(15)17/h1-4,11H,5-7H2,(H,18,19). The normalized spacial score (nSPS) is 16.8. The maximum Gasteiger partial charge on any atom is 0.326 e. The van der Waals surface area contributed by atoms with Crippen molar-refractivity contribution in [3.05, 3.63) is 34.9 Å². The molecule has 100 valence electrons. The molecule has 1 aliphatic heterocycles. The van der Waals surface area contributed by atoms with Gasteiger partial charge in [-0.2, -0.15) is 0 Å². The predicted octanol–water partition coefficient (Wildman–Crippen LogP) is 1.14. The van der Waals surface area contributed by atoms with E-state index in [0.717, 1.165) is 10.5 Å². The van der Waals surface area contributed by atoms with Crippen molar-refractivity contribution in [2.75, 3.05) is 6.54 Å². The number of carboxylic acids is 1. The molecule has 0 bridgehead atoms. The van der Waals surface area contributed by atoms with Gasteiger partial charge in [0.1, 0.15) is 6.04 Å². The summed E-state index contributed by atoms with van der Waals surface area (Å²) < 4.78 is 0. The van der Waals surface area contributed by atoms with Gasteiger partial charge < -0.3 is 10.0 Å². The van der Waals surface area contributed by atoms with Crippen LogP contribution < -0.4 is 0 Å². The van der Waals surface area contributed by atoms with Gasteiger partial charge in [0.15, 0.2) is 5.78 Å². The molecule has 0 aromatic heterocycles. The van der Waals surface area contributed by atoms with Crippen molar-refractivity contribution in [2.45, 2.75) is 18.9 Å². The zero-order valence-corrected chi connectivity index (χ0v) is 10.8. The molecular weight excluding hydrogens is 270 g/mol. The van der Waals surface area contributed by atoms with Gasteiger partial charge in [-0.25, -0.2) is 4.79 Å². The average Bonchev–Trinajstić information content (AvgIpc) is 2.67. The maximum atomic E-state index is 11.6. The van der Waals surface area contributed by atoms with Crippen LogP contribution in [-0.4, -0.2) is 40.3 Å². The number of likely N-dealkylation sites (tertiary alicyclic amines) is 1. The third-order valence-electron chi connectivity index (χ3n) is 3.02. The molecule has 1 atom stereocenters. The number of hydrogen-bond donors (Lipinski definition) is 1. The van der Waals surface area contributed by atoms with Gasteiger partial charge in [-0.15, -0.1) is 0 Å². The Morgan fingerprint density at radius 3 is 2.42 bits per heavy atom. The number of benzene rings is 1. The van der Waals surface area contributed by atoms with Crippen LogP contribution in [-0.2, 0) is 20.8 Å². The molecule has 0 saturated carbocycles. The SMILES string of the molecule is O=C1CC(=O)N(C(Cc2ccc(Cl)cc2)C(=O)O)C1. The molecule has 1 aromatic rings. The van der Waals surface area contributed by atoms with Crippen LogP contribution in [0.25, 0.3) is 0 Å². The van der Waals surface area contributed by atoms with Crippen LogP contribution in [0.2, 0.25) is 5.02 Å². The number of nitrogens with zero attached hydrogens (tertiary/aromatic N) is 1. The second-order valence-electron chi connectivity index (χ2n) is 4.42. The topological polar surface area (TPSA) is 74.7 Å². The number of carbonyl (C=O) groups excluding carboxylic acids is 2. The van der Waals surface area contributed by atoms with Crippen LogP contribution in [0.1, 0.15) is 12.0 Å². The minimum atomic E-state index is -1.11. The quantitative estimate of drug-likeness (QED) is 0.840. The molecule has 2 rings (SSSR count). The number of rotatable bonds is 4. The Hall–Kier alpha value is -1.88. The van der Waals surface area contributed by atoms with Crippen molar-refractivity contribution in [1.29, 1.82) is 0 Å². The zero-order chi connectivity index (χ0) is 14.0. The monoisotopic (exact) mass is 281 g/mol. The van der Waals surface area contributed by atoms with E-state index < -0.39 is 17.9 Å². The number of aliphatic carboxylic acids is 1. The number of ketones is 1. The van der Waals surface area contributed by atoms with E-state index in [1.165, 1.54) is 0 Å². The van der Waals surface area contributed by atoms with E-state index in [2.05, 4.69) is 0 Å². The molecule has 1 aliphatic rings. The van der Waals surface area contributed by atoms with Gasteiger partial charge in [-0.1, -0.05) is 23.7 Å². The fourth-order valence-corrected chi connectivity index (χ4v) is 2.19. The molecule has 19 heavy (non-hydrogen) atoms. The Kier molecular flexibility index (Phi) is 3.85. The molecule has 1 unspecified atom stereocenters. The Labute approximate surface area is 114 Å². The highest BCUT2D eigenvalue weighted by Crippen LogP contribution is 2.17. The van der Waals surface area contributed by atoms with Crippen LogP contribution in [0.3, 0.4) is 0 Å². The van der Waals surface area contributed by atoms with E-state index >= 15 is 0 Å². The molecule has 1 heterocycles. The van der Waals surface area contributed by atoms with Crippen molar-refractivity contribution >= 4 is 29.3 Å². The molecule has 1 amide bonds. The largest absolute Gasteiger partial charge is 0.480 e. The van der Waals surface area contributed by atoms with Crippen molar-refractivity contribution in [3.63, 3.8) is 0 Å². The Morgan fingerprint density at radius 1 is 1.32 bits per heavy atom.